The monoisotopic (exact) mass is 251 g/mol. The number of nitrogens with zero attached hydrogens (tertiary/aromatic N) is 1. The van der Waals surface area contributed by atoms with Crippen molar-refractivity contribution < 1.29 is 4.74 Å². The molecule has 96 valence electrons. The summed E-state index contributed by atoms with van der Waals surface area (Å²) in [6.45, 7) is 2.92. The van der Waals surface area contributed by atoms with Crippen LogP contribution in [0.4, 0.5) is 0 Å². The molecular weight excluding hydrogens is 234 g/mol. The first kappa shape index (κ1) is 13.2. The lowest BCUT2D eigenvalue weighted by molar-refractivity contribution is 0.309. The quantitative estimate of drug-likeness (QED) is 0.738. The van der Waals surface area contributed by atoms with Gasteiger partial charge in [-0.1, -0.05) is 37.6 Å². The third-order valence-corrected chi connectivity index (χ3v) is 2.97. The fourth-order valence-corrected chi connectivity index (χ4v) is 1.82. The number of unbranched alkanes of at least 4 members (excludes halogenated alkanes) is 1. The van der Waals surface area contributed by atoms with Gasteiger partial charge in [0, 0.05) is 0 Å². The molecule has 0 aliphatic rings. The third-order valence-electron chi connectivity index (χ3n) is 2.97. The van der Waals surface area contributed by atoms with Crippen LogP contribution in [0.1, 0.15) is 25.3 Å². The summed E-state index contributed by atoms with van der Waals surface area (Å²) in [7, 11) is 0. The SMILES string of the molecule is CCCCOc1ccc(-c2ccc(C#N)cc2)cc1. The normalized spacial score (nSPS) is 9.89. The van der Waals surface area contributed by atoms with Gasteiger partial charge in [-0.3, -0.25) is 0 Å². The largest absolute Gasteiger partial charge is 0.494 e. The summed E-state index contributed by atoms with van der Waals surface area (Å²) in [5.74, 6) is 0.908. The molecule has 2 aromatic rings. The van der Waals surface area contributed by atoms with Crippen molar-refractivity contribution in [1.82, 2.24) is 0 Å². The molecule has 0 aliphatic carbocycles. The Balaban J connectivity index is 2.07. The molecule has 2 aromatic carbocycles. The van der Waals surface area contributed by atoms with Crippen LogP contribution in [-0.4, -0.2) is 6.61 Å². The molecule has 0 radical (unpaired) electrons. The number of hydrogen-bond acceptors (Lipinski definition) is 2. The van der Waals surface area contributed by atoms with Crippen molar-refractivity contribution in [2.75, 3.05) is 6.61 Å². The van der Waals surface area contributed by atoms with Gasteiger partial charge in [-0.15, -0.1) is 0 Å². The predicted octanol–water partition coefficient (Wildman–Crippen LogP) is 4.40. The zero-order chi connectivity index (χ0) is 13.5. The minimum absolute atomic E-state index is 0.684. The highest BCUT2D eigenvalue weighted by atomic mass is 16.5. The van der Waals surface area contributed by atoms with E-state index in [-0.39, 0.29) is 0 Å². The molecule has 2 rings (SSSR count). The minimum Gasteiger partial charge on any atom is -0.494 e. The van der Waals surface area contributed by atoms with Crippen LogP contribution in [0.5, 0.6) is 5.75 Å². The van der Waals surface area contributed by atoms with E-state index in [0.29, 0.717) is 5.56 Å². The van der Waals surface area contributed by atoms with Crippen LogP contribution >= 0.6 is 0 Å². The molecule has 0 aromatic heterocycles. The van der Waals surface area contributed by atoms with Gasteiger partial charge in [0.1, 0.15) is 5.75 Å². The van der Waals surface area contributed by atoms with Gasteiger partial charge < -0.3 is 4.74 Å². The van der Waals surface area contributed by atoms with Crippen molar-refractivity contribution in [2.45, 2.75) is 19.8 Å². The summed E-state index contributed by atoms with van der Waals surface area (Å²) < 4.78 is 5.63. The third kappa shape index (κ3) is 3.59. The van der Waals surface area contributed by atoms with E-state index in [2.05, 4.69) is 13.0 Å². The van der Waals surface area contributed by atoms with Crippen LogP contribution in [0, 0.1) is 11.3 Å². The van der Waals surface area contributed by atoms with Crippen LogP contribution in [-0.2, 0) is 0 Å². The lowest BCUT2D eigenvalue weighted by Gasteiger charge is -2.06. The summed E-state index contributed by atoms with van der Waals surface area (Å²) in [4.78, 5) is 0. The molecule has 0 bridgehead atoms. The van der Waals surface area contributed by atoms with Gasteiger partial charge in [-0.25, -0.2) is 0 Å². The van der Waals surface area contributed by atoms with Gasteiger partial charge in [-0.2, -0.15) is 5.26 Å². The Morgan fingerprint density at radius 2 is 1.53 bits per heavy atom. The lowest BCUT2D eigenvalue weighted by Crippen LogP contribution is -1.95. The van der Waals surface area contributed by atoms with Crippen molar-refractivity contribution >= 4 is 0 Å². The van der Waals surface area contributed by atoms with Crippen molar-refractivity contribution in [1.29, 1.82) is 5.26 Å². The Labute approximate surface area is 114 Å². The van der Waals surface area contributed by atoms with Crippen molar-refractivity contribution in [3.63, 3.8) is 0 Å². The van der Waals surface area contributed by atoms with Crippen LogP contribution in [0.2, 0.25) is 0 Å². The summed E-state index contributed by atoms with van der Waals surface area (Å²) in [5, 5.41) is 8.77. The van der Waals surface area contributed by atoms with Gasteiger partial charge >= 0.3 is 0 Å². The second-order valence-electron chi connectivity index (χ2n) is 4.42. The van der Waals surface area contributed by atoms with Crippen molar-refractivity contribution in [3.8, 4) is 22.9 Å². The standard InChI is InChI=1S/C17H17NO/c1-2-3-12-19-17-10-8-16(9-11-17)15-6-4-14(13-18)5-7-15/h4-11H,2-3,12H2,1H3. The van der Waals surface area contributed by atoms with Gasteiger partial charge in [0.05, 0.1) is 18.2 Å². The summed E-state index contributed by atoms with van der Waals surface area (Å²) in [5.41, 5.74) is 2.93. The smallest absolute Gasteiger partial charge is 0.119 e. The van der Waals surface area contributed by atoms with E-state index >= 15 is 0 Å². The maximum absolute atomic E-state index is 8.77. The zero-order valence-electron chi connectivity index (χ0n) is 11.1. The Kier molecular flexibility index (Phi) is 4.58. The van der Waals surface area contributed by atoms with Gasteiger partial charge in [-0.05, 0) is 41.8 Å². The van der Waals surface area contributed by atoms with Crippen LogP contribution in [0.15, 0.2) is 48.5 Å². The summed E-state index contributed by atoms with van der Waals surface area (Å²) in [6, 6.07) is 17.8. The Hall–Kier alpha value is -2.27. The fraction of sp³-hybridized carbons (Fsp3) is 0.235. The molecule has 0 unspecified atom stereocenters. The van der Waals surface area contributed by atoms with Crippen LogP contribution < -0.4 is 4.74 Å². The van der Waals surface area contributed by atoms with Crippen molar-refractivity contribution in [3.05, 3.63) is 54.1 Å². The molecule has 0 saturated heterocycles. The van der Waals surface area contributed by atoms with E-state index in [9.17, 15) is 0 Å². The van der Waals surface area contributed by atoms with E-state index in [1.165, 1.54) is 0 Å². The minimum atomic E-state index is 0.684. The van der Waals surface area contributed by atoms with Gasteiger partial charge in [0.25, 0.3) is 0 Å². The second-order valence-corrected chi connectivity index (χ2v) is 4.42. The number of ether oxygens (including phenoxy) is 1. The number of benzene rings is 2. The topological polar surface area (TPSA) is 33.0 Å². The van der Waals surface area contributed by atoms with Crippen LogP contribution in [0.25, 0.3) is 11.1 Å². The molecule has 0 atom stereocenters. The van der Waals surface area contributed by atoms with Crippen LogP contribution in [0.3, 0.4) is 0 Å². The molecule has 0 amide bonds. The Bertz CT molecular complexity index is 549. The summed E-state index contributed by atoms with van der Waals surface area (Å²) in [6.07, 6.45) is 2.22. The molecule has 2 nitrogen and oxygen atoms in total. The molecule has 0 N–H and O–H groups in total. The average Bonchev–Trinajstić information content (AvgIpc) is 2.48. The molecular formula is C17H17NO. The first-order valence-corrected chi connectivity index (χ1v) is 6.57. The molecule has 2 heteroatoms. The molecule has 0 aliphatic heterocycles. The zero-order valence-corrected chi connectivity index (χ0v) is 11.1. The van der Waals surface area contributed by atoms with Gasteiger partial charge in [0.15, 0.2) is 0 Å². The van der Waals surface area contributed by atoms with Crippen molar-refractivity contribution in [2.24, 2.45) is 0 Å². The summed E-state index contributed by atoms with van der Waals surface area (Å²) >= 11 is 0. The predicted molar refractivity (Wildman–Crippen MR) is 77.0 cm³/mol. The van der Waals surface area contributed by atoms with Gasteiger partial charge in [0.2, 0.25) is 0 Å². The number of hydrogen-bond donors (Lipinski definition) is 0. The lowest BCUT2D eigenvalue weighted by atomic mass is 10.0. The molecule has 0 saturated carbocycles. The molecule has 19 heavy (non-hydrogen) atoms. The van der Waals surface area contributed by atoms with E-state index in [1.54, 1.807) is 0 Å². The number of nitriles is 1. The van der Waals surface area contributed by atoms with E-state index in [0.717, 1.165) is 36.3 Å². The maximum atomic E-state index is 8.77. The van der Waals surface area contributed by atoms with E-state index in [1.807, 2.05) is 48.5 Å². The highest BCUT2D eigenvalue weighted by Crippen LogP contribution is 2.22. The first-order chi connectivity index (χ1) is 9.33. The second kappa shape index (κ2) is 6.61. The average molecular weight is 251 g/mol. The molecule has 0 spiro atoms. The Morgan fingerprint density at radius 3 is 2.05 bits per heavy atom. The first-order valence-electron chi connectivity index (χ1n) is 6.57. The number of rotatable bonds is 5. The maximum Gasteiger partial charge on any atom is 0.119 e. The van der Waals surface area contributed by atoms with E-state index in [4.69, 9.17) is 10.00 Å². The fourth-order valence-electron chi connectivity index (χ4n) is 1.82. The highest BCUT2D eigenvalue weighted by molar-refractivity contribution is 5.64. The highest BCUT2D eigenvalue weighted by Gasteiger charge is 1.99. The molecule has 0 heterocycles. The van der Waals surface area contributed by atoms with E-state index < -0.39 is 0 Å². The Morgan fingerprint density at radius 1 is 0.947 bits per heavy atom. The molecule has 0 fully saturated rings.